The lowest BCUT2D eigenvalue weighted by atomic mass is 10.1. The van der Waals surface area contributed by atoms with Crippen LogP contribution in [0.25, 0.3) is 0 Å². The van der Waals surface area contributed by atoms with Crippen molar-refractivity contribution in [3.63, 3.8) is 0 Å². The van der Waals surface area contributed by atoms with Gasteiger partial charge < -0.3 is 5.11 Å². The molecule has 0 bridgehead atoms. The van der Waals surface area contributed by atoms with Gasteiger partial charge in [-0.15, -0.1) is 16.4 Å². The van der Waals surface area contributed by atoms with Gasteiger partial charge in [0.2, 0.25) is 0 Å². The van der Waals surface area contributed by atoms with Crippen molar-refractivity contribution in [3.05, 3.63) is 28.2 Å². The molecule has 0 amide bonds. The smallest absolute Gasteiger partial charge is 0.331 e. The molecule has 2 heterocycles. The third kappa shape index (κ3) is 2.19. The maximum atomic E-state index is 11.2. The van der Waals surface area contributed by atoms with Crippen LogP contribution in [0.5, 0.6) is 0 Å². The Labute approximate surface area is 102 Å². The van der Waals surface area contributed by atoms with Gasteiger partial charge in [-0.2, -0.15) is 0 Å². The fourth-order valence-electron chi connectivity index (χ4n) is 1.41. The topological polar surface area (TPSA) is 80.9 Å². The molecule has 0 aromatic carbocycles. The summed E-state index contributed by atoms with van der Waals surface area (Å²) in [6.07, 6.45) is 0.543. The molecule has 90 valence electrons. The number of carboxylic acid groups (broad SMARTS) is 1. The minimum absolute atomic E-state index is 0.543. The average molecular weight is 252 g/mol. The normalized spacial score (nSPS) is 11.6. The monoisotopic (exact) mass is 252 g/mol. The van der Waals surface area contributed by atoms with Crippen LogP contribution in [0.4, 0.5) is 0 Å². The molecule has 0 radical (unpaired) electrons. The Balaban J connectivity index is 2.32. The first-order valence-electron chi connectivity index (χ1n) is 5.05. The number of hydrogen-bond donors (Lipinski definition) is 1. The van der Waals surface area contributed by atoms with Crippen molar-refractivity contribution in [1.29, 1.82) is 0 Å². The molecular weight excluding hydrogens is 240 g/mol. The zero-order valence-electron chi connectivity index (χ0n) is 9.49. The molecule has 2 aromatic heterocycles. The van der Waals surface area contributed by atoms with E-state index in [-0.39, 0.29) is 0 Å². The van der Waals surface area contributed by atoms with E-state index in [1.165, 1.54) is 4.68 Å². The van der Waals surface area contributed by atoms with Crippen molar-refractivity contribution in [1.82, 2.24) is 20.2 Å². The van der Waals surface area contributed by atoms with Gasteiger partial charge in [-0.1, -0.05) is 6.07 Å². The number of tetrazole rings is 1. The highest BCUT2D eigenvalue weighted by molar-refractivity contribution is 7.09. The van der Waals surface area contributed by atoms with E-state index in [4.69, 9.17) is 5.11 Å². The van der Waals surface area contributed by atoms with E-state index in [0.29, 0.717) is 12.2 Å². The molecular formula is C10H12N4O2S. The molecule has 2 aromatic rings. The lowest BCUT2D eigenvalue weighted by Gasteiger charge is -2.20. The Kier molecular flexibility index (Phi) is 2.93. The van der Waals surface area contributed by atoms with Gasteiger partial charge in [-0.25, -0.2) is 9.48 Å². The van der Waals surface area contributed by atoms with Gasteiger partial charge in [-0.3, -0.25) is 0 Å². The van der Waals surface area contributed by atoms with Crippen LogP contribution in [-0.2, 0) is 16.8 Å². The van der Waals surface area contributed by atoms with Crippen LogP contribution in [0, 0.1) is 0 Å². The van der Waals surface area contributed by atoms with Crippen LogP contribution in [0.2, 0.25) is 0 Å². The van der Waals surface area contributed by atoms with Crippen molar-refractivity contribution in [3.8, 4) is 0 Å². The summed E-state index contributed by atoms with van der Waals surface area (Å²) in [5, 5.41) is 22.3. The molecule has 2 rings (SSSR count). The molecule has 6 nitrogen and oxygen atoms in total. The number of aromatic nitrogens is 4. The van der Waals surface area contributed by atoms with Gasteiger partial charge in [0, 0.05) is 11.3 Å². The highest BCUT2D eigenvalue weighted by atomic mass is 32.1. The number of hydrogen-bond acceptors (Lipinski definition) is 5. The van der Waals surface area contributed by atoms with E-state index in [2.05, 4.69) is 15.5 Å². The maximum absolute atomic E-state index is 11.2. The van der Waals surface area contributed by atoms with Crippen molar-refractivity contribution < 1.29 is 9.90 Å². The van der Waals surface area contributed by atoms with Gasteiger partial charge in [0.15, 0.2) is 11.4 Å². The second-order valence-corrected chi connectivity index (χ2v) is 5.16. The molecule has 0 unspecified atom stereocenters. The Morgan fingerprint density at radius 3 is 2.94 bits per heavy atom. The Morgan fingerprint density at radius 2 is 2.35 bits per heavy atom. The van der Waals surface area contributed by atoms with Crippen molar-refractivity contribution >= 4 is 17.3 Å². The van der Waals surface area contributed by atoms with Crippen LogP contribution in [-0.4, -0.2) is 31.3 Å². The summed E-state index contributed by atoms with van der Waals surface area (Å²) in [5.74, 6) is -0.405. The number of carboxylic acids is 1. The van der Waals surface area contributed by atoms with Crippen molar-refractivity contribution in [2.75, 3.05) is 0 Å². The van der Waals surface area contributed by atoms with Crippen LogP contribution in [0.3, 0.4) is 0 Å². The molecule has 0 saturated carbocycles. The lowest BCUT2D eigenvalue weighted by molar-refractivity contribution is -0.146. The third-order valence-electron chi connectivity index (χ3n) is 2.50. The first-order valence-corrected chi connectivity index (χ1v) is 5.93. The molecule has 0 aliphatic heterocycles. The van der Waals surface area contributed by atoms with E-state index < -0.39 is 11.5 Å². The Morgan fingerprint density at radius 1 is 1.59 bits per heavy atom. The number of nitrogens with zero attached hydrogens (tertiary/aromatic N) is 4. The number of aliphatic carboxylic acids is 1. The Hall–Kier alpha value is -1.76. The average Bonchev–Trinajstić information content (AvgIpc) is 2.89. The van der Waals surface area contributed by atoms with Crippen LogP contribution >= 0.6 is 11.3 Å². The van der Waals surface area contributed by atoms with Gasteiger partial charge in [-0.05, 0) is 35.7 Å². The summed E-state index contributed by atoms with van der Waals surface area (Å²) >= 11 is 1.59. The van der Waals surface area contributed by atoms with E-state index >= 15 is 0 Å². The van der Waals surface area contributed by atoms with Gasteiger partial charge in [0.05, 0.1) is 0 Å². The minimum Gasteiger partial charge on any atom is -0.479 e. The fraction of sp³-hybridized carbons (Fsp3) is 0.400. The molecule has 0 spiro atoms. The summed E-state index contributed by atoms with van der Waals surface area (Å²) in [6, 6.07) is 3.91. The quantitative estimate of drug-likeness (QED) is 0.882. The first-order chi connectivity index (χ1) is 8.01. The molecule has 17 heavy (non-hydrogen) atoms. The standard InChI is InChI=1S/C10H12N4O2S/c1-10(2,9(15)16)14-8(11-12-13-14)6-7-4-3-5-17-7/h3-5H,6H2,1-2H3,(H,15,16). The fourth-order valence-corrected chi connectivity index (χ4v) is 2.11. The highest BCUT2D eigenvalue weighted by Crippen LogP contribution is 2.19. The second kappa shape index (κ2) is 4.25. The SMILES string of the molecule is CC(C)(C(=O)O)n1nnnc1Cc1cccs1. The van der Waals surface area contributed by atoms with Crippen LogP contribution in [0.15, 0.2) is 17.5 Å². The summed E-state index contributed by atoms with van der Waals surface area (Å²) in [6.45, 7) is 3.15. The van der Waals surface area contributed by atoms with E-state index in [1.807, 2.05) is 17.5 Å². The van der Waals surface area contributed by atoms with Gasteiger partial charge in [0.1, 0.15) is 0 Å². The van der Waals surface area contributed by atoms with E-state index in [9.17, 15) is 4.79 Å². The van der Waals surface area contributed by atoms with E-state index in [0.717, 1.165) is 4.88 Å². The van der Waals surface area contributed by atoms with Crippen LogP contribution in [0.1, 0.15) is 24.5 Å². The number of rotatable bonds is 4. The second-order valence-electron chi connectivity index (χ2n) is 4.13. The largest absolute Gasteiger partial charge is 0.479 e. The molecule has 1 N–H and O–H groups in total. The molecule has 0 fully saturated rings. The zero-order valence-corrected chi connectivity index (χ0v) is 10.3. The predicted octanol–water partition coefficient (Wildman–Crippen LogP) is 1.15. The zero-order chi connectivity index (χ0) is 12.5. The highest BCUT2D eigenvalue weighted by Gasteiger charge is 2.33. The number of carbonyl (C=O) groups is 1. The summed E-state index contributed by atoms with van der Waals surface area (Å²) in [7, 11) is 0. The molecule has 0 aliphatic carbocycles. The van der Waals surface area contributed by atoms with E-state index in [1.54, 1.807) is 25.2 Å². The lowest BCUT2D eigenvalue weighted by Crippen LogP contribution is -2.37. The summed E-state index contributed by atoms with van der Waals surface area (Å²) in [4.78, 5) is 12.3. The number of thiophene rings is 1. The van der Waals surface area contributed by atoms with Crippen molar-refractivity contribution in [2.45, 2.75) is 25.8 Å². The maximum Gasteiger partial charge on any atom is 0.331 e. The summed E-state index contributed by atoms with van der Waals surface area (Å²) < 4.78 is 1.36. The molecule has 7 heteroatoms. The summed E-state index contributed by atoms with van der Waals surface area (Å²) in [5.41, 5.74) is -1.14. The van der Waals surface area contributed by atoms with Gasteiger partial charge in [0.25, 0.3) is 0 Å². The minimum atomic E-state index is -1.14. The first kappa shape index (κ1) is 11.7. The predicted molar refractivity (Wildman–Crippen MR) is 61.9 cm³/mol. The van der Waals surface area contributed by atoms with Gasteiger partial charge >= 0.3 is 5.97 Å². The third-order valence-corrected chi connectivity index (χ3v) is 3.38. The molecule has 0 atom stereocenters. The van der Waals surface area contributed by atoms with Crippen LogP contribution < -0.4 is 0 Å². The van der Waals surface area contributed by atoms with Crippen molar-refractivity contribution in [2.24, 2.45) is 0 Å². The molecule has 0 saturated heterocycles. The molecule has 0 aliphatic rings. The Bertz CT molecular complexity index is 518.